The number of primary amides is 1. The SMILES string of the molecule is NC(=O)c1cccc2c1ncn2-c1ccoc1. The molecule has 0 saturated heterocycles. The van der Waals surface area contributed by atoms with Crippen LogP contribution in [0.2, 0.25) is 0 Å². The van der Waals surface area contributed by atoms with E-state index in [1.165, 1.54) is 0 Å². The molecule has 3 aromatic rings. The molecule has 0 spiro atoms. The smallest absolute Gasteiger partial charge is 0.250 e. The summed E-state index contributed by atoms with van der Waals surface area (Å²) in [4.78, 5) is 15.5. The second kappa shape index (κ2) is 3.48. The molecule has 2 aromatic heterocycles. The van der Waals surface area contributed by atoms with Crippen LogP contribution in [0.3, 0.4) is 0 Å². The van der Waals surface area contributed by atoms with Gasteiger partial charge in [-0.15, -0.1) is 0 Å². The molecule has 0 radical (unpaired) electrons. The maximum absolute atomic E-state index is 11.3. The molecular formula is C12H9N3O2. The van der Waals surface area contributed by atoms with Crippen molar-refractivity contribution in [2.45, 2.75) is 0 Å². The number of furan rings is 1. The Labute approximate surface area is 96.5 Å². The van der Waals surface area contributed by atoms with Crippen LogP contribution in [0.5, 0.6) is 0 Å². The molecule has 84 valence electrons. The van der Waals surface area contributed by atoms with E-state index < -0.39 is 5.91 Å². The van der Waals surface area contributed by atoms with E-state index in [0.29, 0.717) is 11.1 Å². The topological polar surface area (TPSA) is 74.1 Å². The summed E-state index contributed by atoms with van der Waals surface area (Å²) in [7, 11) is 0. The van der Waals surface area contributed by atoms with Crippen LogP contribution in [-0.4, -0.2) is 15.5 Å². The maximum Gasteiger partial charge on any atom is 0.250 e. The van der Waals surface area contributed by atoms with Crippen LogP contribution < -0.4 is 5.73 Å². The lowest BCUT2D eigenvalue weighted by molar-refractivity contribution is 0.100. The average Bonchev–Trinajstić information content (AvgIpc) is 2.96. The van der Waals surface area contributed by atoms with Crippen molar-refractivity contribution in [2.24, 2.45) is 5.73 Å². The van der Waals surface area contributed by atoms with Crippen molar-refractivity contribution in [1.82, 2.24) is 9.55 Å². The van der Waals surface area contributed by atoms with Gasteiger partial charge in [-0.3, -0.25) is 9.36 Å². The van der Waals surface area contributed by atoms with Crippen molar-refractivity contribution in [3.8, 4) is 5.69 Å². The normalized spacial score (nSPS) is 10.8. The Balaban J connectivity index is 2.31. The molecular weight excluding hydrogens is 218 g/mol. The number of hydrogen-bond acceptors (Lipinski definition) is 3. The molecule has 3 rings (SSSR count). The molecule has 5 heteroatoms. The number of fused-ring (bicyclic) bond motifs is 1. The van der Waals surface area contributed by atoms with Crippen molar-refractivity contribution < 1.29 is 9.21 Å². The summed E-state index contributed by atoms with van der Waals surface area (Å²) in [6.45, 7) is 0. The predicted octanol–water partition coefficient (Wildman–Crippen LogP) is 1.72. The number of para-hydroxylation sites is 1. The van der Waals surface area contributed by atoms with Crippen molar-refractivity contribution >= 4 is 16.9 Å². The van der Waals surface area contributed by atoms with E-state index in [-0.39, 0.29) is 0 Å². The fourth-order valence-electron chi connectivity index (χ4n) is 1.84. The van der Waals surface area contributed by atoms with Crippen LogP contribution in [0.1, 0.15) is 10.4 Å². The van der Waals surface area contributed by atoms with Gasteiger partial charge in [0.05, 0.1) is 23.0 Å². The van der Waals surface area contributed by atoms with Crippen molar-refractivity contribution in [3.63, 3.8) is 0 Å². The monoisotopic (exact) mass is 227 g/mol. The quantitative estimate of drug-likeness (QED) is 0.724. The van der Waals surface area contributed by atoms with Gasteiger partial charge in [0.2, 0.25) is 0 Å². The first-order chi connectivity index (χ1) is 8.27. The lowest BCUT2D eigenvalue weighted by atomic mass is 10.2. The molecule has 0 aliphatic carbocycles. The Morgan fingerprint density at radius 2 is 2.24 bits per heavy atom. The largest absolute Gasteiger partial charge is 0.470 e. The van der Waals surface area contributed by atoms with Crippen LogP contribution in [0.4, 0.5) is 0 Å². The van der Waals surface area contributed by atoms with E-state index in [1.807, 2.05) is 16.7 Å². The molecule has 1 aromatic carbocycles. The number of amides is 1. The van der Waals surface area contributed by atoms with Crippen molar-refractivity contribution in [1.29, 1.82) is 0 Å². The third kappa shape index (κ3) is 1.40. The second-order valence-corrected chi connectivity index (χ2v) is 3.63. The Morgan fingerprint density at radius 1 is 1.35 bits per heavy atom. The van der Waals surface area contributed by atoms with Crippen molar-refractivity contribution in [2.75, 3.05) is 0 Å². The lowest BCUT2D eigenvalue weighted by Crippen LogP contribution is -2.11. The first-order valence-corrected chi connectivity index (χ1v) is 5.06. The van der Waals surface area contributed by atoms with Gasteiger partial charge in [-0.2, -0.15) is 0 Å². The maximum atomic E-state index is 11.3. The number of imidazole rings is 1. The summed E-state index contributed by atoms with van der Waals surface area (Å²) in [5.41, 5.74) is 8.00. The first-order valence-electron chi connectivity index (χ1n) is 5.06. The van der Waals surface area contributed by atoms with Crippen LogP contribution in [0, 0.1) is 0 Å². The molecule has 0 unspecified atom stereocenters. The summed E-state index contributed by atoms with van der Waals surface area (Å²) in [6, 6.07) is 7.14. The van der Waals surface area contributed by atoms with Gasteiger partial charge in [0.25, 0.3) is 5.91 Å². The van der Waals surface area contributed by atoms with E-state index in [4.69, 9.17) is 10.2 Å². The average molecular weight is 227 g/mol. The number of hydrogen-bond donors (Lipinski definition) is 1. The Kier molecular flexibility index (Phi) is 1.98. The highest BCUT2D eigenvalue weighted by atomic mass is 16.3. The fraction of sp³-hybridized carbons (Fsp3) is 0. The fourth-order valence-corrected chi connectivity index (χ4v) is 1.84. The lowest BCUT2D eigenvalue weighted by Gasteiger charge is -2.00. The highest BCUT2D eigenvalue weighted by Gasteiger charge is 2.11. The zero-order valence-corrected chi connectivity index (χ0v) is 8.83. The summed E-state index contributed by atoms with van der Waals surface area (Å²) >= 11 is 0. The Hall–Kier alpha value is -2.56. The second-order valence-electron chi connectivity index (χ2n) is 3.63. The van der Waals surface area contributed by atoms with Gasteiger partial charge in [-0.05, 0) is 12.1 Å². The highest BCUT2D eigenvalue weighted by molar-refractivity contribution is 6.04. The molecule has 0 fully saturated rings. The van der Waals surface area contributed by atoms with Gasteiger partial charge >= 0.3 is 0 Å². The summed E-state index contributed by atoms with van der Waals surface area (Å²) in [5.74, 6) is -0.479. The van der Waals surface area contributed by atoms with E-state index in [0.717, 1.165) is 11.2 Å². The number of nitrogens with two attached hydrogens (primary N) is 1. The zero-order chi connectivity index (χ0) is 11.8. The van der Waals surface area contributed by atoms with Gasteiger partial charge < -0.3 is 10.2 Å². The van der Waals surface area contributed by atoms with Gasteiger partial charge in [-0.1, -0.05) is 6.07 Å². The number of carbonyl (C=O) groups excluding carboxylic acids is 1. The number of nitrogens with zero attached hydrogens (tertiary/aromatic N) is 2. The third-order valence-corrected chi connectivity index (χ3v) is 2.63. The summed E-state index contributed by atoms with van der Waals surface area (Å²) in [6.07, 6.45) is 4.83. The van der Waals surface area contributed by atoms with Crippen LogP contribution in [0.25, 0.3) is 16.7 Å². The summed E-state index contributed by atoms with van der Waals surface area (Å²) in [5, 5.41) is 0. The molecule has 0 atom stereocenters. The number of rotatable bonds is 2. The van der Waals surface area contributed by atoms with Gasteiger partial charge in [0, 0.05) is 6.07 Å². The minimum Gasteiger partial charge on any atom is -0.470 e. The third-order valence-electron chi connectivity index (χ3n) is 2.63. The molecule has 17 heavy (non-hydrogen) atoms. The van der Waals surface area contributed by atoms with E-state index >= 15 is 0 Å². The minimum absolute atomic E-state index is 0.421. The summed E-state index contributed by atoms with van der Waals surface area (Å²) < 4.78 is 6.86. The van der Waals surface area contributed by atoms with Gasteiger partial charge in [-0.25, -0.2) is 4.98 Å². The standard InChI is InChI=1S/C12H9N3O2/c13-12(16)9-2-1-3-10-11(9)14-7-15(10)8-4-5-17-6-8/h1-7H,(H2,13,16). The van der Waals surface area contributed by atoms with Gasteiger partial charge in [0.15, 0.2) is 0 Å². The molecule has 2 heterocycles. The van der Waals surface area contributed by atoms with E-state index in [9.17, 15) is 4.79 Å². The number of carbonyl (C=O) groups is 1. The van der Waals surface area contributed by atoms with E-state index in [1.54, 1.807) is 31.0 Å². The zero-order valence-electron chi connectivity index (χ0n) is 8.83. The van der Waals surface area contributed by atoms with E-state index in [2.05, 4.69) is 4.98 Å². The molecule has 0 aliphatic heterocycles. The molecule has 0 saturated carbocycles. The molecule has 0 bridgehead atoms. The molecule has 2 N–H and O–H groups in total. The van der Waals surface area contributed by atoms with Crippen LogP contribution >= 0.6 is 0 Å². The number of aromatic nitrogens is 2. The predicted molar refractivity (Wildman–Crippen MR) is 61.9 cm³/mol. The Bertz CT molecular complexity index is 683. The molecule has 5 nitrogen and oxygen atoms in total. The number of benzene rings is 1. The van der Waals surface area contributed by atoms with Crippen LogP contribution in [0.15, 0.2) is 47.5 Å². The highest BCUT2D eigenvalue weighted by Crippen LogP contribution is 2.21. The van der Waals surface area contributed by atoms with Gasteiger partial charge in [0.1, 0.15) is 18.1 Å². The van der Waals surface area contributed by atoms with Crippen LogP contribution in [-0.2, 0) is 0 Å². The van der Waals surface area contributed by atoms with Crippen molar-refractivity contribution in [3.05, 3.63) is 48.7 Å². The molecule has 0 aliphatic rings. The Morgan fingerprint density at radius 3 is 2.94 bits per heavy atom. The minimum atomic E-state index is -0.479. The first kappa shape index (κ1) is 9.65. The molecule has 1 amide bonds.